The topological polar surface area (TPSA) is 61.9 Å². The van der Waals surface area contributed by atoms with Crippen LogP contribution in [0.1, 0.15) is 32.6 Å². The molecule has 2 saturated heterocycles. The van der Waals surface area contributed by atoms with Crippen LogP contribution in [0, 0.1) is 5.92 Å². The van der Waals surface area contributed by atoms with E-state index in [0.29, 0.717) is 10.9 Å². The lowest BCUT2D eigenvalue weighted by molar-refractivity contribution is -0.121. The summed E-state index contributed by atoms with van der Waals surface area (Å²) in [4.78, 5) is 29.1. The van der Waals surface area contributed by atoms with Gasteiger partial charge in [0, 0.05) is 36.4 Å². The Morgan fingerprint density at radius 3 is 2.59 bits per heavy atom. The Morgan fingerprint density at radius 2 is 1.89 bits per heavy atom. The van der Waals surface area contributed by atoms with Crippen LogP contribution in [-0.4, -0.2) is 59.6 Å². The molecule has 3 fully saturated rings. The molecule has 3 aliphatic rings. The molecule has 4 rings (SSSR count). The fourth-order valence-electron chi connectivity index (χ4n) is 4.13. The average molecular weight is 392 g/mol. The monoisotopic (exact) mass is 391 g/mol. The lowest BCUT2D eigenvalue weighted by Gasteiger charge is -2.39. The number of carbonyl (C=O) groups is 2. The highest BCUT2D eigenvalue weighted by atomic mass is 35.5. The molecule has 27 heavy (non-hydrogen) atoms. The number of fused-ring (bicyclic) bond motifs is 1. The first-order valence-electron chi connectivity index (χ1n) is 9.79. The molecule has 6 nitrogen and oxygen atoms in total. The number of hydrogen-bond acceptors (Lipinski definition) is 4. The third-order valence-corrected chi connectivity index (χ3v) is 6.18. The minimum absolute atomic E-state index is 0.0150. The summed E-state index contributed by atoms with van der Waals surface area (Å²) >= 11 is 5.89. The van der Waals surface area contributed by atoms with Gasteiger partial charge in [-0.15, -0.1) is 0 Å². The van der Waals surface area contributed by atoms with Crippen molar-refractivity contribution >= 4 is 29.3 Å². The molecule has 2 amide bonds. The van der Waals surface area contributed by atoms with E-state index in [1.54, 1.807) is 24.3 Å². The van der Waals surface area contributed by atoms with E-state index in [1.165, 1.54) is 0 Å². The Morgan fingerprint density at radius 1 is 1.15 bits per heavy atom. The first-order chi connectivity index (χ1) is 13.0. The molecule has 1 aliphatic carbocycles. The number of anilines is 1. The molecule has 0 radical (unpaired) electrons. The molecular formula is C20H26ClN3O3. The smallest absolute Gasteiger partial charge is 0.410 e. The maximum atomic E-state index is 12.6. The molecule has 146 valence electrons. The Labute approximate surface area is 164 Å². The minimum atomic E-state index is -0.214. The molecule has 1 saturated carbocycles. The fraction of sp³-hybridized carbons (Fsp3) is 0.600. The lowest BCUT2D eigenvalue weighted by atomic mass is 9.92. The second kappa shape index (κ2) is 7.68. The van der Waals surface area contributed by atoms with Crippen molar-refractivity contribution < 1.29 is 14.3 Å². The van der Waals surface area contributed by atoms with Gasteiger partial charge in [0.1, 0.15) is 6.10 Å². The summed E-state index contributed by atoms with van der Waals surface area (Å²) < 4.78 is 5.48. The fourth-order valence-corrected chi connectivity index (χ4v) is 4.26. The van der Waals surface area contributed by atoms with E-state index >= 15 is 0 Å². The number of piperidine rings is 1. The number of ether oxygens (including phenoxy) is 1. The quantitative estimate of drug-likeness (QED) is 0.854. The van der Waals surface area contributed by atoms with Crippen LogP contribution in [0.2, 0.25) is 5.02 Å². The van der Waals surface area contributed by atoms with E-state index in [9.17, 15) is 9.59 Å². The number of nitrogens with one attached hydrogen (secondary N) is 1. The number of halogens is 1. The normalized spacial score (nSPS) is 26.4. The summed E-state index contributed by atoms with van der Waals surface area (Å²) in [5.41, 5.74) is 0.751. The zero-order valence-corrected chi connectivity index (χ0v) is 16.3. The highest BCUT2D eigenvalue weighted by Crippen LogP contribution is 2.34. The molecule has 0 aromatic heterocycles. The van der Waals surface area contributed by atoms with Gasteiger partial charge in [-0.05, 0) is 62.8 Å². The molecule has 2 aliphatic heterocycles. The number of benzene rings is 1. The maximum Gasteiger partial charge on any atom is 0.410 e. The maximum absolute atomic E-state index is 12.6. The summed E-state index contributed by atoms with van der Waals surface area (Å²) in [7, 11) is 0. The molecular weight excluding hydrogens is 366 g/mol. The van der Waals surface area contributed by atoms with Gasteiger partial charge in [-0.1, -0.05) is 11.6 Å². The van der Waals surface area contributed by atoms with Crippen LogP contribution >= 0.6 is 11.6 Å². The van der Waals surface area contributed by atoms with Gasteiger partial charge >= 0.3 is 6.09 Å². The summed E-state index contributed by atoms with van der Waals surface area (Å²) in [6.07, 6.45) is 3.87. The molecule has 1 aromatic rings. The Balaban J connectivity index is 1.31. The predicted octanol–water partition coefficient (Wildman–Crippen LogP) is 3.36. The van der Waals surface area contributed by atoms with Crippen LogP contribution in [0.3, 0.4) is 0 Å². The molecule has 2 heterocycles. The van der Waals surface area contributed by atoms with E-state index in [2.05, 4.69) is 10.2 Å². The van der Waals surface area contributed by atoms with E-state index in [0.717, 1.165) is 51.0 Å². The van der Waals surface area contributed by atoms with E-state index in [4.69, 9.17) is 16.3 Å². The van der Waals surface area contributed by atoms with Crippen molar-refractivity contribution in [2.75, 3.05) is 25.0 Å². The number of amides is 2. The van der Waals surface area contributed by atoms with Gasteiger partial charge in [-0.2, -0.15) is 0 Å². The number of nitrogens with zero attached hydrogens (tertiary/aromatic N) is 2. The molecule has 0 bridgehead atoms. The van der Waals surface area contributed by atoms with Crippen LogP contribution in [-0.2, 0) is 9.53 Å². The second-order valence-corrected chi connectivity index (χ2v) is 8.28. The molecule has 3 atom stereocenters. The van der Waals surface area contributed by atoms with Gasteiger partial charge in [0.2, 0.25) is 5.91 Å². The lowest BCUT2D eigenvalue weighted by Crippen LogP contribution is -2.52. The number of rotatable bonds is 4. The van der Waals surface area contributed by atoms with Crippen LogP contribution in [0.15, 0.2) is 24.3 Å². The molecule has 3 unspecified atom stereocenters. The average Bonchev–Trinajstić information content (AvgIpc) is 3.37. The van der Waals surface area contributed by atoms with Gasteiger partial charge in [0.05, 0.1) is 6.04 Å². The van der Waals surface area contributed by atoms with Gasteiger partial charge in [0.15, 0.2) is 0 Å². The predicted molar refractivity (Wildman–Crippen MR) is 104 cm³/mol. The van der Waals surface area contributed by atoms with Crippen molar-refractivity contribution in [2.45, 2.75) is 50.8 Å². The van der Waals surface area contributed by atoms with Crippen LogP contribution < -0.4 is 5.32 Å². The molecule has 0 spiro atoms. The summed E-state index contributed by atoms with van der Waals surface area (Å²) in [5, 5.41) is 3.60. The van der Waals surface area contributed by atoms with Gasteiger partial charge in [0.25, 0.3) is 0 Å². The standard InChI is InChI=1S/C20H26ClN3O3/c1-13(19(25)22-16-4-2-15(21)3-5-16)23-10-9-18-14(12-23)8-11-24(18)20(26)27-17-6-7-17/h2-5,13-14,17-18H,6-12H2,1H3,(H,22,25). The Bertz CT molecular complexity index is 707. The summed E-state index contributed by atoms with van der Waals surface area (Å²) in [6.45, 7) is 4.36. The van der Waals surface area contributed by atoms with Crippen molar-refractivity contribution in [3.05, 3.63) is 29.3 Å². The zero-order chi connectivity index (χ0) is 19.0. The molecule has 1 aromatic carbocycles. The van der Waals surface area contributed by atoms with Crippen molar-refractivity contribution in [1.82, 2.24) is 9.80 Å². The third kappa shape index (κ3) is 4.22. The van der Waals surface area contributed by atoms with Crippen LogP contribution in [0.5, 0.6) is 0 Å². The van der Waals surface area contributed by atoms with Crippen LogP contribution in [0.25, 0.3) is 0 Å². The van der Waals surface area contributed by atoms with Crippen molar-refractivity contribution in [2.24, 2.45) is 5.92 Å². The number of likely N-dealkylation sites (tertiary alicyclic amines) is 2. The summed E-state index contributed by atoms with van der Waals surface area (Å²) in [6, 6.07) is 7.18. The number of carbonyl (C=O) groups excluding carboxylic acids is 2. The van der Waals surface area contributed by atoms with Gasteiger partial charge in [-0.3, -0.25) is 9.69 Å². The highest BCUT2D eigenvalue weighted by molar-refractivity contribution is 6.30. The SMILES string of the molecule is CC(C(=O)Nc1ccc(Cl)cc1)N1CCC2C(CCN2C(=O)OC2CC2)C1. The van der Waals surface area contributed by atoms with E-state index in [-0.39, 0.29) is 30.2 Å². The van der Waals surface area contributed by atoms with Crippen molar-refractivity contribution in [3.8, 4) is 0 Å². The summed E-state index contributed by atoms with van der Waals surface area (Å²) in [5.74, 6) is 0.398. The third-order valence-electron chi connectivity index (χ3n) is 5.93. The number of hydrogen-bond donors (Lipinski definition) is 1. The van der Waals surface area contributed by atoms with Gasteiger partial charge in [-0.25, -0.2) is 4.79 Å². The first kappa shape index (κ1) is 18.6. The van der Waals surface area contributed by atoms with Crippen molar-refractivity contribution in [3.63, 3.8) is 0 Å². The molecule has 1 N–H and O–H groups in total. The van der Waals surface area contributed by atoms with Crippen molar-refractivity contribution in [1.29, 1.82) is 0 Å². The Kier molecular flexibility index (Phi) is 5.28. The first-order valence-corrected chi connectivity index (χ1v) is 10.2. The van der Waals surface area contributed by atoms with Crippen LogP contribution in [0.4, 0.5) is 10.5 Å². The zero-order valence-electron chi connectivity index (χ0n) is 15.6. The second-order valence-electron chi connectivity index (χ2n) is 7.85. The Hall–Kier alpha value is -1.79. The van der Waals surface area contributed by atoms with E-state index < -0.39 is 0 Å². The van der Waals surface area contributed by atoms with E-state index in [1.807, 2.05) is 11.8 Å². The highest BCUT2D eigenvalue weighted by Gasteiger charge is 2.43. The largest absolute Gasteiger partial charge is 0.446 e. The minimum Gasteiger partial charge on any atom is -0.446 e. The molecule has 7 heteroatoms. The van der Waals surface area contributed by atoms with Gasteiger partial charge < -0.3 is 15.0 Å².